The summed E-state index contributed by atoms with van der Waals surface area (Å²) >= 11 is 0. The minimum atomic E-state index is -0.493. The summed E-state index contributed by atoms with van der Waals surface area (Å²) in [6.07, 6.45) is 1.27. The molecule has 3 rings (SSSR count). The SMILES string of the molecule is COc1cc(CNC(=O)C2(C)CCN(C(=O)c3ccc(C)cc3)CC2)cc(OC)c1. The maximum Gasteiger partial charge on any atom is 0.253 e. The number of methoxy groups -OCH3 is 2. The zero-order chi connectivity index (χ0) is 21.7. The van der Waals surface area contributed by atoms with Gasteiger partial charge in [-0.05, 0) is 49.6 Å². The second-order valence-electron chi connectivity index (χ2n) is 8.12. The van der Waals surface area contributed by atoms with Gasteiger partial charge in [-0.25, -0.2) is 0 Å². The Morgan fingerprint density at radius 3 is 2.10 bits per heavy atom. The standard InChI is InChI=1S/C24H30N2O4/c1-17-5-7-19(8-6-17)22(27)26-11-9-24(2,10-12-26)23(28)25-16-18-13-20(29-3)15-21(14-18)30-4/h5-8,13-15H,9-12,16H2,1-4H3,(H,25,28). The van der Waals surface area contributed by atoms with Crippen molar-refractivity contribution < 1.29 is 19.1 Å². The van der Waals surface area contributed by atoms with E-state index in [1.54, 1.807) is 20.3 Å². The van der Waals surface area contributed by atoms with Crippen molar-refractivity contribution in [2.45, 2.75) is 33.2 Å². The first-order valence-electron chi connectivity index (χ1n) is 10.2. The van der Waals surface area contributed by atoms with Gasteiger partial charge in [0.1, 0.15) is 11.5 Å². The van der Waals surface area contributed by atoms with Gasteiger partial charge in [-0.2, -0.15) is 0 Å². The Morgan fingerprint density at radius 2 is 1.57 bits per heavy atom. The topological polar surface area (TPSA) is 67.9 Å². The van der Waals surface area contributed by atoms with Crippen LogP contribution in [0.1, 0.15) is 41.3 Å². The summed E-state index contributed by atoms with van der Waals surface area (Å²) in [6.45, 7) is 5.52. The normalized spacial score (nSPS) is 15.4. The van der Waals surface area contributed by atoms with Crippen molar-refractivity contribution in [2.75, 3.05) is 27.3 Å². The average Bonchev–Trinajstić information content (AvgIpc) is 2.77. The van der Waals surface area contributed by atoms with Gasteiger partial charge in [0, 0.05) is 36.7 Å². The lowest BCUT2D eigenvalue weighted by Crippen LogP contribution is -2.48. The van der Waals surface area contributed by atoms with Gasteiger partial charge < -0.3 is 19.7 Å². The largest absolute Gasteiger partial charge is 0.497 e. The number of nitrogens with zero attached hydrogens (tertiary/aromatic N) is 1. The fourth-order valence-corrected chi connectivity index (χ4v) is 3.67. The van der Waals surface area contributed by atoms with E-state index in [9.17, 15) is 9.59 Å². The van der Waals surface area contributed by atoms with E-state index < -0.39 is 5.41 Å². The van der Waals surface area contributed by atoms with Gasteiger partial charge in [0.25, 0.3) is 5.91 Å². The minimum Gasteiger partial charge on any atom is -0.497 e. The predicted molar refractivity (Wildman–Crippen MR) is 116 cm³/mol. The number of amides is 2. The molecule has 1 heterocycles. The van der Waals surface area contributed by atoms with Crippen LogP contribution in [0.25, 0.3) is 0 Å². The number of carbonyl (C=O) groups excluding carboxylic acids is 2. The summed E-state index contributed by atoms with van der Waals surface area (Å²) in [5, 5.41) is 3.04. The van der Waals surface area contributed by atoms with Crippen molar-refractivity contribution in [1.29, 1.82) is 0 Å². The van der Waals surface area contributed by atoms with Crippen molar-refractivity contribution in [3.63, 3.8) is 0 Å². The molecule has 0 spiro atoms. The Kier molecular flexibility index (Phi) is 6.65. The van der Waals surface area contributed by atoms with Crippen LogP contribution in [0, 0.1) is 12.3 Å². The third-order valence-electron chi connectivity index (χ3n) is 5.87. The van der Waals surface area contributed by atoms with E-state index in [0.717, 1.165) is 11.1 Å². The van der Waals surface area contributed by atoms with E-state index in [-0.39, 0.29) is 11.8 Å². The predicted octanol–water partition coefficient (Wildman–Crippen LogP) is 3.57. The highest BCUT2D eigenvalue weighted by molar-refractivity contribution is 5.94. The second kappa shape index (κ2) is 9.20. The van der Waals surface area contributed by atoms with Crippen LogP contribution in [0.15, 0.2) is 42.5 Å². The first kappa shape index (κ1) is 21.7. The number of nitrogens with one attached hydrogen (secondary N) is 1. The van der Waals surface area contributed by atoms with Crippen LogP contribution in [-0.4, -0.2) is 44.0 Å². The average molecular weight is 411 g/mol. The molecule has 1 aliphatic heterocycles. The van der Waals surface area contributed by atoms with E-state index in [0.29, 0.717) is 49.5 Å². The minimum absolute atomic E-state index is 0.00622. The molecule has 0 atom stereocenters. The molecule has 160 valence electrons. The highest BCUT2D eigenvalue weighted by Gasteiger charge is 2.38. The van der Waals surface area contributed by atoms with Gasteiger partial charge >= 0.3 is 0 Å². The van der Waals surface area contributed by atoms with Crippen LogP contribution in [0.3, 0.4) is 0 Å². The zero-order valence-corrected chi connectivity index (χ0v) is 18.2. The number of likely N-dealkylation sites (tertiary alicyclic amines) is 1. The molecule has 0 bridgehead atoms. The van der Waals surface area contributed by atoms with E-state index in [2.05, 4.69) is 5.32 Å². The fourth-order valence-electron chi connectivity index (χ4n) is 3.67. The summed E-state index contributed by atoms with van der Waals surface area (Å²) in [5.74, 6) is 1.41. The van der Waals surface area contributed by atoms with Crippen LogP contribution >= 0.6 is 0 Å². The monoisotopic (exact) mass is 410 g/mol. The Labute approximate surface area is 178 Å². The van der Waals surface area contributed by atoms with Crippen molar-refractivity contribution >= 4 is 11.8 Å². The molecule has 0 aliphatic carbocycles. The Hall–Kier alpha value is -3.02. The Balaban J connectivity index is 1.57. The first-order chi connectivity index (χ1) is 14.3. The van der Waals surface area contributed by atoms with Crippen LogP contribution < -0.4 is 14.8 Å². The van der Waals surface area contributed by atoms with Crippen LogP contribution in [-0.2, 0) is 11.3 Å². The molecule has 0 aromatic heterocycles. The Morgan fingerprint density at radius 1 is 1.00 bits per heavy atom. The van der Waals surface area contributed by atoms with Crippen LogP contribution in [0.5, 0.6) is 11.5 Å². The van der Waals surface area contributed by atoms with Crippen molar-refractivity contribution in [1.82, 2.24) is 10.2 Å². The van der Waals surface area contributed by atoms with E-state index in [1.807, 2.05) is 55.1 Å². The lowest BCUT2D eigenvalue weighted by Gasteiger charge is -2.38. The summed E-state index contributed by atoms with van der Waals surface area (Å²) in [7, 11) is 3.20. The van der Waals surface area contributed by atoms with Crippen molar-refractivity contribution in [3.8, 4) is 11.5 Å². The second-order valence-corrected chi connectivity index (χ2v) is 8.12. The number of aryl methyl sites for hydroxylation is 1. The third kappa shape index (κ3) is 4.93. The van der Waals surface area contributed by atoms with Gasteiger partial charge in [-0.15, -0.1) is 0 Å². The summed E-state index contributed by atoms with van der Waals surface area (Å²) < 4.78 is 10.6. The zero-order valence-electron chi connectivity index (χ0n) is 18.2. The van der Waals surface area contributed by atoms with Gasteiger partial charge in [-0.3, -0.25) is 9.59 Å². The van der Waals surface area contributed by atoms with Crippen LogP contribution in [0.2, 0.25) is 0 Å². The summed E-state index contributed by atoms with van der Waals surface area (Å²) in [6, 6.07) is 13.2. The Bertz CT molecular complexity index is 878. The van der Waals surface area contributed by atoms with Gasteiger partial charge in [0.15, 0.2) is 0 Å². The molecule has 6 heteroatoms. The molecule has 6 nitrogen and oxygen atoms in total. The molecule has 1 N–H and O–H groups in total. The van der Waals surface area contributed by atoms with E-state index >= 15 is 0 Å². The number of ether oxygens (including phenoxy) is 2. The molecule has 1 aliphatic rings. The fraction of sp³-hybridized carbons (Fsp3) is 0.417. The molecule has 0 radical (unpaired) electrons. The quantitative estimate of drug-likeness (QED) is 0.791. The number of hydrogen-bond donors (Lipinski definition) is 1. The van der Waals surface area contributed by atoms with Gasteiger partial charge in [0.2, 0.25) is 5.91 Å². The lowest BCUT2D eigenvalue weighted by molar-refractivity contribution is -0.132. The molecule has 1 fully saturated rings. The van der Waals surface area contributed by atoms with Gasteiger partial charge in [0.05, 0.1) is 14.2 Å². The number of carbonyl (C=O) groups is 2. The van der Waals surface area contributed by atoms with Crippen molar-refractivity contribution in [2.24, 2.45) is 5.41 Å². The number of rotatable bonds is 6. The smallest absolute Gasteiger partial charge is 0.253 e. The number of piperidine rings is 1. The molecule has 1 saturated heterocycles. The maximum absolute atomic E-state index is 12.9. The first-order valence-corrected chi connectivity index (χ1v) is 10.2. The lowest BCUT2D eigenvalue weighted by atomic mass is 9.79. The summed E-state index contributed by atoms with van der Waals surface area (Å²) in [5.41, 5.74) is 2.24. The molecular weight excluding hydrogens is 380 g/mol. The molecular formula is C24H30N2O4. The molecule has 0 unspecified atom stereocenters. The highest BCUT2D eigenvalue weighted by Crippen LogP contribution is 2.32. The molecule has 30 heavy (non-hydrogen) atoms. The maximum atomic E-state index is 12.9. The number of hydrogen-bond acceptors (Lipinski definition) is 4. The van der Waals surface area contributed by atoms with Gasteiger partial charge in [-0.1, -0.05) is 24.6 Å². The molecule has 0 saturated carbocycles. The number of benzene rings is 2. The molecule has 2 aromatic carbocycles. The summed E-state index contributed by atoms with van der Waals surface area (Å²) in [4.78, 5) is 27.5. The highest BCUT2D eigenvalue weighted by atomic mass is 16.5. The molecule has 2 amide bonds. The van der Waals surface area contributed by atoms with E-state index in [1.165, 1.54) is 0 Å². The third-order valence-corrected chi connectivity index (χ3v) is 5.87. The van der Waals surface area contributed by atoms with Crippen molar-refractivity contribution in [3.05, 3.63) is 59.2 Å². The molecule has 2 aromatic rings. The van der Waals surface area contributed by atoms with Crippen LogP contribution in [0.4, 0.5) is 0 Å². The van der Waals surface area contributed by atoms with E-state index in [4.69, 9.17) is 9.47 Å².